The number of fused-ring (bicyclic) bond motifs is 1. The largest absolute Gasteiger partial charge is 0.383 e. The topological polar surface area (TPSA) is 63.8 Å². The summed E-state index contributed by atoms with van der Waals surface area (Å²) in [7, 11) is 0. The van der Waals surface area contributed by atoms with Crippen LogP contribution in [0.1, 0.15) is 24.1 Å². The molecule has 2 aromatic heterocycles. The van der Waals surface area contributed by atoms with Crippen molar-refractivity contribution in [1.82, 2.24) is 15.3 Å². The van der Waals surface area contributed by atoms with Crippen LogP contribution in [0.15, 0.2) is 54.9 Å². The molecule has 106 valence electrons. The molecule has 0 aliphatic rings. The predicted molar refractivity (Wildman–Crippen MR) is 85.9 cm³/mol. The molecule has 1 aromatic carbocycles. The molecule has 1 atom stereocenters. The number of benzene rings is 1. The van der Waals surface area contributed by atoms with Crippen molar-refractivity contribution in [2.75, 3.05) is 12.3 Å². The molecule has 0 aliphatic carbocycles. The van der Waals surface area contributed by atoms with E-state index in [1.54, 1.807) is 6.20 Å². The maximum absolute atomic E-state index is 6.04. The lowest BCUT2D eigenvalue weighted by molar-refractivity contribution is 0.631. The Kier molecular flexibility index (Phi) is 3.79. The number of nitrogens with two attached hydrogens (primary N) is 1. The SMILES string of the molecule is CCNC(c1ccc2ncccc2c1)c1cccnc1N. The molecular weight excluding hydrogens is 260 g/mol. The smallest absolute Gasteiger partial charge is 0.128 e. The lowest BCUT2D eigenvalue weighted by atomic mass is 9.97. The fourth-order valence-corrected chi connectivity index (χ4v) is 2.56. The highest BCUT2D eigenvalue weighted by molar-refractivity contribution is 5.79. The van der Waals surface area contributed by atoms with E-state index in [1.807, 2.05) is 30.5 Å². The van der Waals surface area contributed by atoms with Gasteiger partial charge in [0.15, 0.2) is 0 Å². The third-order valence-corrected chi connectivity index (χ3v) is 3.55. The van der Waals surface area contributed by atoms with E-state index in [4.69, 9.17) is 5.73 Å². The maximum atomic E-state index is 6.04. The van der Waals surface area contributed by atoms with Gasteiger partial charge in [-0.25, -0.2) is 4.98 Å². The van der Waals surface area contributed by atoms with E-state index in [0.717, 1.165) is 28.6 Å². The number of nitrogens with zero attached hydrogens (tertiary/aromatic N) is 2. The van der Waals surface area contributed by atoms with Gasteiger partial charge in [-0.05, 0) is 36.4 Å². The van der Waals surface area contributed by atoms with Gasteiger partial charge in [-0.1, -0.05) is 25.1 Å². The van der Waals surface area contributed by atoms with Crippen molar-refractivity contribution in [2.45, 2.75) is 13.0 Å². The minimum absolute atomic E-state index is 0.0355. The van der Waals surface area contributed by atoms with Gasteiger partial charge in [0.05, 0.1) is 11.6 Å². The maximum Gasteiger partial charge on any atom is 0.128 e. The average Bonchev–Trinajstić information content (AvgIpc) is 2.53. The van der Waals surface area contributed by atoms with Crippen molar-refractivity contribution in [3.8, 4) is 0 Å². The molecule has 0 saturated carbocycles. The zero-order valence-electron chi connectivity index (χ0n) is 12.0. The highest BCUT2D eigenvalue weighted by Gasteiger charge is 2.16. The normalized spacial score (nSPS) is 12.4. The minimum atomic E-state index is 0.0355. The number of hydrogen-bond donors (Lipinski definition) is 2. The van der Waals surface area contributed by atoms with Gasteiger partial charge in [0.2, 0.25) is 0 Å². The van der Waals surface area contributed by atoms with Gasteiger partial charge in [0.25, 0.3) is 0 Å². The number of hydrogen-bond acceptors (Lipinski definition) is 4. The van der Waals surface area contributed by atoms with Gasteiger partial charge < -0.3 is 11.1 Å². The fourth-order valence-electron chi connectivity index (χ4n) is 2.56. The molecule has 3 aromatic rings. The lowest BCUT2D eigenvalue weighted by Gasteiger charge is -2.20. The lowest BCUT2D eigenvalue weighted by Crippen LogP contribution is -2.23. The monoisotopic (exact) mass is 278 g/mol. The van der Waals surface area contributed by atoms with Crippen molar-refractivity contribution < 1.29 is 0 Å². The van der Waals surface area contributed by atoms with Crippen LogP contribution in [0.2, 0.25) is 0 Å². The van der Waals surface area contributed by atoms with Gasteiger partial charge in [0.1, 0.15) is 5.82 Å². The van der Waals surface area contributed by atoms with Crippen LogP contribution >= 0.6 is 0 Å². The van der Waals surface area contributed by atoms with E-state index in [-0.39, 0.29) is 6.04 Å². The van der Waals surface area contributed by atoms with Crippen LogP contribution in [-0.2, 0) is 0 Å². The molecule has 21 heavy (non-hydrogen) atoms. The van der Waals surface area contributed by atoms with Crippen molar-refractivity contribution in [2.24, 2.45) is 0 Å². The quantitative estimate of drug-likeness (QED) is 0.770. The third kappa shape index (κ3) is 2.71. The van der Waals surface area contributed by atoms with Gasteiger partial charge >= 0.3 is 0 Å². The first-order valence-corrected chi connectivity index (χ1v) is 7.08. The standard InChI is InChI=1S/C17H18N4/c1-2-19-16(14-6-4-10-21-17(14)18)13-7-8-15-12(11-13)5-3-9-20-15/h3-11,16,19H,2H2,1H3,(H2,18,21). The molecule has 2 heterocycles. The molecule has 0 saturated heterocycles. The molecule has 3 rings (SSSR count). The first-order chi connectivity index (χ1) is 10.3. The van der Waals surface area contributed by atoms with Crippen molar-refractivity contribution in [1.29, 1.82) is 0 Å². The Morgan fingerprint density at radius 1 is 1.10 bits per heavy atom. The predicted octanol–water partition coefficient (Wildman–Crippen LogP) is 2.91. The Labute approximate surface area is 124 Å². The second-order valence-corrected chi connectivity index (χ2v) is 4.92. The molecule has 0 bridgehead atoms. The third-order valence-electron chi connectivity index (χ3n) is 3.55. The van der Waals surface area contributed by atoms with Crippen LogP contribution in [0.5, 0.6) is 0 Å². The minimum Gasteiger partial charge on any atom is -0.383 e. The highest BCUT2D eigenvalue weighted by atomic mass is 14.9. The first-order valence-electron chi connectivity index (χ1n) is 7.08. The highest BCUT2D eigenvalue weighted by Crippen LogP contribution is 2.27. The summed E-state index contributed by atoms with van der Waals surface area (Å²) in [6.07, 6.45) is 3.52. The number of rotatable bonds is 4. The summed E-state index contributed by atoms with van der Waals surface area (Å²) in [5.41, 5.74) is 9.20. The molecule has 4 heteroatoms. The second kappa shape index (κ2) is 5.89. The van der Waals surface area contributed by atoms with Crippen molar-refractivity contribution >= 4 is 16.7 Å². The molecule has 0 amide bonds. The summed E-state index contributed by atoms with van der Waals surface area (Å²) in [4.78, 5) is 8.56. The van der Waals surface area contributed by atoms with Crippen LogP contribution in [0.25, 0.3) is 10.9 Å². The number of nitrogens with one attached hydrogen (secondary N) is 1. The summed E-state index contributed by atoms with van der Waals surface area (Å²) < 4.78 is 0. The Bertz CT molecular complexity index is 754. The molecule has 1 unspecified atom stereocenters. The number of pyridine rings is 2. The molecule has 4 nitrogen and oxygen atoms in total. The van der Waals surface area contributed by atoms with Crippen LogP contribution in [0.4, 0.5) is 5.82 Å². The van der Waals surface area contributed by atoms with Crippen molar-refractivity contribution in [3.05, 3.63) is 66.0 Å². The van der Waals surface area contributed by atoms with Crippen LogP contribution in [0.3, 0.4) is 0 Å². The summed E-state index contributed by atoms with van der Waals surface area (Å²) in [5, 5.41) is 4.61. The van der Waals surface area contributed by atoms with Crippen LogP contribution in [0, 0.1) is 0 Å². The van der Waals surface area contributed by atoms with E-state index < -0.39 is 0 Å². The molecule has 0 fully saturated rings. The first kappa shape index (κ1) is 13.5. The Morgan fingerprint density at radius 2 is 1.90 bits per heavy atom. The van der Waals surface area contributed by atoms with E-state index >= 15 is 0 Å². The molecular formula is C17H18N4. The van der Waals surface area contributed by atoms with Crippen LogP contribution < -0.4 is 11.1 Å². The number of anilines is 1. The van der Waals surface area contributed by atoms with E-state index in [1.165, 1.54) is 0 Å². The van der Waals surface area contributed by atoms with Gasteiger partial charge in [-0.15, -0.1) is 0 Å². The van der Waals surface area contributed by atoms with Gasteiger partial charge in [0, 0.05) is 23.3 Å². The fraction of sp³-hybridized carbons (Fsp3) is 0.176. The van der Waals surface area contributed by atoms with E-state index in [2.05, 4.69) is 40.4 Å². The zero-order valence-corrected chi connectivity index (χ0v) is 12.0. The molecule has 0 radical (unpaired) electrons. The summed E-state index contributed by atoms with van der Waals surface area (Å²) in [6, 6.07) is 14.3. The molecule has 0 spiro atoms. The Morgan fingerprint density at radius 3 is 2.71 bits per heavy atom. The van der Waals surface area contributed by atoms with Crippen molar-refractivity contribution in [3.63, 3.8) is 0 Å². The number of aromatic nitrogens is 2. The van der Waals surface area contributed by atoms with Crippen LogP contribution in [-0.4, -0.2) is 16.5 Å². The Hall–Kier alpha value is -2.46. The summed E-state index contributed by atoms with van der Waals surface area (Å²) in [6.45, 7) is 2.94. The second-order valence-electron chi connectivity index (χ2n) is 4.92. The molecule has 3 N–H and O–H groups in total. The summed E-state index contributed by atoms with van der Waals surface area (Å²) in [5.74, 6) is 0.565. The van der Waals surface area contributed by atoms with E-state index in [9.17, 15) is 0 Å². The Balaban J connectivity index is 2.09. The number of nitrogen functional groups attached to an aromatic ring is 1. The average molecular weight is 278 g/mol. The molecule has 0 aliphatic heterocycles. The van der Waals surface area contributed by atoms with Gasteiger partial charge in [-0.3, -0.25) is 4.98 Å². The zero-order chi connectivity index (χ0) is 14.7. The van der Waals surface area contributed by atoms with Gasteiger partial charge in [-0.2, -0.15) is 0 Å². The summed E-state index contributed by atoms with van der Waals surface area (Å²) >= 11 is 0. The van der Waals surface area contributed by atoms with E-state index in [0.29, 0.717) is 5.82 Å².